The van der Waals surface area contributed by atoms with Gasteiger partial charge in [-0.25, -0.2) is 4.98 Å². The molecule has 1 atom stereocenters. The molecule has 1 unspecified atom stereocenters. The summed E-state index contributed by atoms with van der Waals surface area (Å²) < 4.78 is 11.6. The summed E-state index contributed by atoms with van der Waals surface area (Å²) in [7, 11) is 0. The molecule has 0 N–H and O–H groups in total. The molecule has 2 aromatic rings. The lowest BCUT2D eigenvalue weighted by Gasteiger charge is -2.10. The Hall–Kier alpha value is -2.32. The normalized spacial score (nSPS) is 16.6. The molecule has 0 fully saturated rings. The van der Waals surface area contributed by atoms with Gasteiger partial charge in [0.15, 0.2) is 0 Å². The highest BCUT2D eigenvalue weighted by atomic mass is 32.1. The van der Waals surface area contributed by atoms with Crippen molar-refractivity contribution in [2.24, 2.45) is 0 Å². The van der Waals surface area contributed by atoms with Gasteiger partial charge in [0, 0.05) is 28.6 Å². The number of nitrogens with zero attached hydrogens (tertiary/aromatic N) is 2. The standard InChI is InChI=1S/C18H18N2O2S/c1-4-21-16-7-13-5-12(3)22-17(13)8-14(16)6-15(9-19)18-20-11(2)10-23-18/h6-8,10,12H,4-5H2,1-3H3/b15-6-. The van der Waals surface area contributed by atoms with Crippen LogP contribution < -0.4 is 9.47 Å². The molecule has 3 rings (SSSR count). The van der Waals surface area contributed by atoms with Crippen LogP contribution >= 0.6 is 11.3 Å². The molecule has 0 aliphatic carbocycles. The zero-order chi connectivity index (χ0) is 16.4. The van der Waals surface area contributed by atoms with Gasteiger partial charge in [0.05, 0.1) is 12.2 Å². The minimum absolute atomic E-state index is 0.177. The monoisotopic (exact) mass is 326 g/mol. The molecule has 0 radical (unpaired) electrons. The van der Waals surface area contributed by atoms with E-state index in [0.717, 1.165) is 39.7 Å². The van der Waals surface area contributed by atoms with Crippen LogP contribution in [0.3, 0.4) is 0 Å². The lowest BCUT2D eigenvalue weighted by Crippen LogP contribution is -2.05. The molecule has 0 amide bonds. The van der Waals surface area contributed by atoms with E-state index in [9.17, 15) is 5.26 Å². The van der Waals surface area contributed by atoms with E-state index in [0.29, 0.717) is 12.2 Å². The molecule has 0 spiro atoms. The average molecular weight is 326 g/mol. The Bertz CT molecular complexity index is 802. The Labute approximate surface area is 140 Å². The van der Waals surface area contributed by atoms with E-state index in [1.807, 2.05) is 37.4 Å². The van der Waals surface area contributed by atoms with Crippen molar-refractivity contribution in [3.05, 3.63) is 39.3 Å². The first-order chi connectivity index (χ1) is 11.1. The van der Waals surface area contributed by atoms with Crippen molar-refractivity contribution in [3.63, 3.8) is 0 Å². The van der Waals surface area contributed by atoms with Gasteiger partial charge in [0.2, 0.25) is 0 Å². The van der Waals surface area contributed by atoms with Gasteiger partial charge >= 0.3 is 0 Å². The summed E-state index contributed by atoms with van der Waals surface area (Å²) in [5.41, 5.74) is 3.46. The zero-order valence-corrected chi connectivity index (χ0v) is 14.2. The molecule has 1 aliphatic heterocycles. The number of hydrogen-bond acceptors (Lipinski definition) is 5. The quantitative estimate of drug-likeness (QED) is 0.789. The fourth-order valence-electron chi connectivity index (χ4n) is 2.62. The van der Waals surface area contributed by atoms with E-state index in [-0.39, 0.29) is 6.10 Å². The first-order valence-corrected chi connectivity index (χ1v) is 8.49. The summed E-state index contributed by atoms with van der Waals surface area (Å²) in [6.07, 6.45) is 2.89. The summed E-state index contributed by atoms with van der Waals surface area (Å²) in [4.78, 5) is 4.39. The second kappa shape index (κ2) is 6.43. The summed E-state index contributed by atoms with van der Waals surface area (Å²) in [6.45, 7) is 6.50. The number of hydrogen-bond donors (Lipinski definition) is 0. The highest BCUT2D eigenvalue weighted by molar-refractivity contribution is 7.11. The number of ether oxygens (including phenoxy) is 2. The molecular weight excluding hydrogens is 308 g/mol. The first-order valence-electron chi connectivity index (χ1n) is 7.61. The van der Waals surface area contributed by atoms with E-state index in [4.69, 9.17) is 9.47 Å². The minimum Gasteiger partial charge on any atom is -0.493 e. The van der Waals surface area contributed by atoms with Crippen molar-refractivity contribution in [2.45, 2.75) is 33.3 Å². The zero-order valence-electron chi connectivity index (χ0n) is 13.4. The summed E-state index contributed by atoms with van der Waals surface area (Å²) in [5, 5.41) is 12.1. The number of fused-ring (bicyclic) bond motifs is 1. The van der Waals surface area contributed by atoms with E-state index in [1.54, 1.807) is 0 Å². The van der Waals surface area contributed by atoms with Crippen LogP contribution in [-0.2, 0) is 6.42 Å². The van der Waals surface area contributed by atoms with Crippen LogP contribution in [0.2, 0.25) is 0 Å². The second-order valence-electron chi connectivity index (χ2n) is 5.53. The molecule has 2 heterocycles. The van der Waals surface area contributed by atoms with Crippen molar-refractivity contribution in [2.75, 3.05) is 6.61 Å². The maximum absolute atomic E-state index is 9.48. The molecule has 0 saturated carbocycles. The van der Waals surface area contributed by atoms with Gasteiger partial charge in [-0.3, -0.25) is 0 Å². The van der Waals surface area contributed by atoms with Gasteiger partial charge in [-0.15, -0.1) is 11.3 Å². The Balaban J connectivity index is 2.06. The van der Waals surface area contributed by atoms with Crippen LogP contribution in [0, 0.1) is 18.3 Å². The van der Waals surface area contributed by atoms with Crippen molar-refractivity contribution in [3.8, 4) is 17.6 Å². The smallest absolute Gasteiger partial charge is 0.134 e. The molecule has 1 aromatic carbocycles. The molecule has 0 bridgehead atoms. The third-order valence-electron chi connectivity index (χ3n) is 3.60. The predicted octanol–water partition coefficient (Wildman–Crippen LogP) is 4.24. The Morgan fingerprint density at radius 1 is 1.57 bits per heavy atom. The van der Waals surface area contributed by atoms with Crippen LogP contribution in [-0.4, -0.2) is 17.7 Å². The maximum Gasteiger partial charge on any atom is 0.134 e. The van der Waals surface area contributed by atoms with E-state index in [1.165, 1.54) is 11.3 Å². The predicted molar refractivity (Wildman–Crippen MR) is 91.7 cm³/mol. The van der Waals surface area contributed by atoms with Crippen LogP contribution in [0.25, 0.3) is 11.6 Å². The second-order valence-corrected chi connectivity index (χ2v) is 6.39. The van der Waals surface area contributed by atoms with Crippen molar-refractivity contribution in [1.29, 1.82) is 5.26 Å². The molecular formula is C18H18N2O2S. The minimum atomic E-state index is 0.177. The van der Waals surface area contributed by atoms with Crippen LogP contribution in [0.5, 0.6) is 11.5 Å². The van der Waals surface area contributed by atoms with Crippen molar-refractivity contribution < 1.29 is 9.47 Å². The number of allylic oxidation sites excluding steroid dienone is 1. The lowest BCUT2D eigenvalue weighted by molar-refractivity contribution is 0.254. The summed E-state index contributed by atoms with van der Waals surface area (Å²) in [6, 6.07) is 6.22. The van der Waals surface area contributed by atoms with Gasteiger partial charge in [0.1, 0.15) is 28.7 Å². The maximum atomic E-state index is 9.48. The molecule has 118 valence electrons. The van der Waals surface area contributed by atoms with Crippen molar-refractivity contribution in [1.82, 2.24) is 4.98 Å². The summed E-state index contributed by atoms with van der Waals surface area (Å²) in [5.74, 6) is 1.66. The number of thiazole rings is 1. The van der Waals surface area contributed by atoms with Crippen LogP contribution in [0.15, 0.2) is 17.5 Å². The Kier molecular flexibility index (Phi) is 4.35. The number of rotatable bonds is 4. The molecule has 1 aromatic heterocycles. The Morgan fingerprint density at radius 3 is 3.04 bits per heavy atom. The first kappa shape index (κ1) is 15.6. The lowest BCUT2D eigenvalue weighted by atomic mass is 10.0. The third kappa shape index (κ3) is 3.22. The Morgan fingerprint density at radius 2 is 2.39 bits per heavy atom. The van der Waals surface area contributed by atoms with E-state index < -0.39 is 0 Å². The molecule has 0 saturated heterocycles. The van der Waals surface area contributed by atoms with Crippen molar-refractivity contribution >= 4 is 23.0 Å². The van der Waals surface area contributed by atoms with Crippen LogP contribution in [0.1, 0.15) is 35.7 Å². The van der Waals surface area contributed by atoms with E-state index in [2.05, 4.69) is 18.0 Å². The number of nitriles is 1. The molecule has 5 heteroatoms. The largest absolute Gasteiger partial charge is 0.493 e. The summed E-state index contributed by atoms with van der Waals surface area (Å²) >= 11 is 1.47. The average Bonchev–Trinajstić information content (AvgIpc) is 3.09. The van der Waals surface area contributed by atoms with Gasteiger partial charge in [-0.1, -0.05) is 0 Å². The van der Waals surface area contributed by atoms with Crippen LogP contribution in [0.4, 0.5) is 0 Å². The van der Waals surface area contributed by atoms with E-state index >= 15 is 0 Å². The molecule has 1 aliphatic rings. The van der Waals surface area contributed by atoms with Gasteiger partial charge < -0.3 is 9.47 Å². The number of aryl methyl sites for hydroxylation is 1. The number of benzene rings is 1. The highest BCUT2D eigenvalue weighted by Crippen LogP contribution is 2.37. The molecule has 4 nitrogen and oxygen atoms in total. The highest BCUT2D eigenvalue weighted by Gasteiger charge is 2.21. The third-order valence-corrected chi connectivity index (χ3v) is 4.59. The molecule has 23 heavy (non-hydrogen) atoms. The van der Waals surface area contributed by atoms with Gasteiger partial charge in [0.25, 0.3) is 0 Å². The fraction of sp³-hybridized carbons (Fsp3) is 0.333. The number of aromatic nitrogens is 1. The fourth-order valence-corrected chi connectivity index (χ4v) is 3.39. The SMILES string of the molecule is CCOc1cc2c(cc1/C=C(/C#N)c1nc(C)cs1)OC(C)C2. The van der Waals surface area contributed by atoms with Gasteiger partial charge in [-0.2, -0.15) is 5.26 Å². The van der Waals surface area contributed by atoms with Gasteiger partial charge in [-0.05, 0) is 39.0 Å². The topological polar surface area (TPSA) is 55.1 Å².